The molecule has 0 saturated carbocycles. The molecule has 1 N–H and O–H groups in total. The van der Waals surface area contributed by atoms with Gasteiger partial charge in [-0.15, -0.1) is 0 Å². The zero-order chi connectivity index (χ0) is 12.5. The van der Waals surface area contributed by atoms with Crippen LogP contribution in [-0.2, 0) is 9.47 Å². The van der Waals surface area contributed by atoms with Gasteiger partial charge in [0.2, 0.25) is 0 Å². The molecule has 0 aromatic heterocycles. The molecule has 1 aliphatic heterocycles. The number of rotatable bonds is 6. The molecule has 2 amide bonds. The fraction of sp³-hybridized carbons (Fsp3) is 0.909. The Morgan fingerprint density at radius 2 is 2.06 bits per heavy atom. The van der Waals surface area contributed by atoms with Crippen LogP contribution in [0.1, 0.15) is 0 Å². The van der Waals surface area contributed by atoms with Gasteiger partial charge in [-0.05, 0) is 14.1 Å². The first kappa shape index (κ1) is 14.2. The van der Waals surface area contributed by atoms with E-state index in [9.17, 15) is 4.79 Å². The molecule has 0 aromatic carbocycles. The van der Waals surface area contributed by atoms with E-state index in [2.05, 4.69) is 10.2 Å². The fourth-order valence-electron chi connectivity index (χ4n) is 1.46. The molecule has 0 atom stereocenters. The van der Waals surface area contributed by atoms with Crippen LogP contribution in [0.4, 0.5) is 4.79 Å². The lowest BCUT2D eigenvalue weighted by molar-refractivity contribution is 0.0522. The highest BCUT2D eigenvalue weighted by Gasteiger charge is 2.15. The van der Waals surface area contributed by atoms with Gasteiger partial charge in [0, 0.05) is 26.2 Å². The average Bonchev–Trinajstić information content (AvgIpc) is 2.34. The second-order valence-electron chi connectivity index (χ2n) is 4.25. The number of amides is 2. The van der Waals surface area contributed by atoms with Crippen molar-refractivity contribution in [3.63, 3.8) is 0 Å². The largest absolute Gasteiger partial charge is 0.378 e. The summed E-state index contributed by atoms with van der Waals surface area (Å²) in [5.41, 5.74) is 0. The summed E-state index contributed by atoms with van der Waals surface area (Å²) in [6.45, 7) is 5.32. The Morgan fingerprint density at radius 3 is 2.71 bits per heavy atom. The van der Waals surface area contributed by atoms with Crippen LogP contribution < -0.4 is 5.32 Å². The van der Waals surface area contributed by atoms with Crippen LogP contribution in [-0.4, -0.2) is 82.5 Å². The highest BCUT2D eigenvalue weighted by atomic mass is 16.5. The molecule has 1 rings (SSSR count). The van der Waals surface area contributed by atoms with Crippen LogP contribution in [0.15, 0.2) is 0 Å². The maximum atomic E-state index is 11.6. The van der Waals surface area contributed by atoms with E-state index in [1.807, 2.05) is 14.1 Å². The van der Waals surface area contributed by atoms with Crippen molar-refractivity contribution in [3.8, 4) is 0 Å². The van der Waals surface area contributed by atoms with E-state index >= 15 is 0 Å². The maximum absolute atomic E-state index is 11.6. The summed E-state index contributed by atoms with van der Waals surface area (Å²) in [6, 6.07) is -0.0236. The molecule has 6 heteroatoms. The number of hydrogen-bond donors (Lipinski definition) is 1. The third-order valence-electron chi connectivity index (χ3n) is 2.50. The molecule has 1 saturated heterocycles. The number of carbonyl (C=O) groups is 1. The third-order valence-corrected chi connectivity index (χ3v) is 2.50. The van der Waals surface area contributed by atoms with E-state index in [-0.39, 0.29) is 6.03 Å². The lowest BCUT2D eigenvalue weighted by Crippen LogP contribution is -2.46. The van der Waals surface area contributed by atoms with Crippen molar-refractivity contribution in [2.45, 2.75) is 0 Å². The second-order valence-corrected chi connectivity index (χ2v) is 4.25. The predicted octanol–water partition coefficient (Wildman–Crippen LogP) is -0.394. The number of nitrogens with zero attached hydrogens (tertiary/aromatic N) is 2. The van der Waals surface area contributed by atoms with Crippen LogP contribution >= 0.6 is 0 Å². The highest BCUT2D eigenvalue weighted by molar-refractivity contribution is 5.74. The molecule has 0 aromatic rings. The van der Waals surface area contributed by atoms with E-state index < -0.39 is 0 Å². The zero-order valence-corrected chi connectivity index (χ0v) is 10.8. The molecule has 0 unspecified atom stereocenters. The van der Waals surface area contributed by atoms with Gasteiger partial charge in [0.25, 0.3) is 0 Å². The quantitative estimate of drug-likeness (QED) is 0.647. The first-order valence-electron chi connectivity index (χ1n) is 6.03. The van der Waals surface area contributed by atoms with Gasteiger partial charge in [0.15, 0.2) is 0 Å². The fourth-order valence-corrected chi connectivity index (χ4v) is 1.46. The first-order valence-corrected chi connectivity index (χ1v) is 6.03. The Morgan fingerprint density at radius 1 is 1.35 bits per heavy atom. The lowest BCUT2D eigenvalue weighted by atomic mass is 10.4. The molecule has 0 bridgehead atoms. The van der Waals surface area contributed by atoms with Crippen molar-refractivity contribution >= 4 is 6.03 Å². The number of hydrogen-bond acceptors (Lipinski definition) is 4. The molecule has 0 radical (unpaired) electrons. The van der Waals surface area contributed by atoms with E-state index in [0.717, 1.165) is 6.54 Å². The van der Waals surface area contributed by atoms with Gasteiger partial charge >= 0.3 is 6.03 Å². The van der Waals surface area contributed by atoms with E-state index in [1.165, 1.54) is 0 Å². The zero-order valence-electron chi connectivity index (χ0n) is 10.8. The predicted molar refractivity (Wildman–Crippen MR) is 65.2 cm³/mol. The highest BCUT2D eigenvalue weighted by Crippen LogP contribution is 1.96. The molecular formula is C11H23N3O3. The Bertz CT molecular complexity index is 218. The van der Waals surface area contributed by atoms with Gasteiger partial charge in [0.1, 0.15) is 0 Å². The second kappa shape index (κ2) is 8.27. The van der Waals surface area contributed by atoms with Gasteiger partial charge in [-0.3, -0.25) is 0 Å². The molecule has 1 fully saturated rings. The van der Waals surface area contributed by atoms with E-state index in [1.54, 1.807) is 4.90 Å². The third kappa shape index (κ3) is 6.45. The minimum absolute atomic E-state index is 0.0236. The van der Waals surface area contributed by atoms with Gasteiger partial charge in [-0.25, -0.2) is 4.79 Å². The minimum atomic E-state index is -0.0236. The Balaban J connectivity index is 1.96. The topological polar surface area (TPSA) is 54.0 Å². The van der Waals surface area contributed by atoms with Crippen LogP contribution in [0.25, 0.3) is 0 Å². The number of carbonyl (C=O) groups excluding carboxylic acids is 1. The minimum Gasteiger partial charge on any atom is -0.378 e. The number of urea groups is 1. The SMILES string of the molecule is CN(C)CCOCCNC(=O)N1CCOCC1. The van der Waals surface area contributed by atoms with E-state index in [0.29, 0.717) is 46.1 Å². The van der Waals surface area contributed by atoms with Gasteiger partial charge in [-0.2, -0.15) is 0 Å². The number of morpholine rings is 1. The summed E-state index contributed by atoms with van der Waals surface area (Å²) in [5, 5.41) is 2.83. The first-order chi connectivity index (χ1) is 8.20. The summed E-state index contributed by atoms with van der Waals surface area (Å²) < 4.78 is 10.6. The monoisotopic (exact) mass is 245 g/mol. The molecule has 6 nitrogen and oxygen atoms in total. The van der Waals surface area contributed by atoms with Crippen molar-refractivity contribution in [2.75, 3.05) is 66.7 Å². The summed E-state index contributed by atoms with van der Waals surface area (Å²) in [6.07, 6.45) is 0. The molecule has 17 heavy (non-hydrogen) atoms. The van der Waals surface area contributed by atoms with Gasteiger partial charge < -0.3 is 24.6 Å². The number of ether oxygens (including phenoxy) is 2. The summed E-state index contributed by atoms with van der Waals surface area (Å²) in [5.74, 6) is 0. The molecule has 0 aliphatic carbocycles. The van der Waals surface area contributed by atoms with Crippen molar-refractivity contribution in [3.05, 3.63) is 0 Å². The van der Waals surface area contributed by atoms with Crippen molar-refractivity contribution < 1.29 is 14.3 Å². The summed E-state index contributed by atoms with van der Waals surface area (Å²) in [7, 11) is 4.01. The number of nitrogens with one attached hydrogen (secondary N) is 1. The summed E-state index contributed by atoms with van der Waals surface area (Å²) in [4.78, 5) is 15.5. The molecule has 1 aliphatic rings. The maximum Gasteiger partial charge on any atom is 0.317 e. The van der Waals surface area contributed by atoms with Gasteiger partial charge in [-0.1, -0.05) is 0 Å². The van der Waals surface area contributed by atoms with Crippen LogP contribution in [0, 0.1) is 0 Å². The van der Waals surface area contributed by atoms with Crippen LogP contribution in [0.2, 0.25) is 0 Å². The van der Waals surface area contributed by atoms with Crippen LogP contribution in [0.3, 0.4) is 0 Å². The Kier molecular flexibility index (Phi) is 6.91. The molecule has 0 spiro atoms. The van der Waals surface area contributed by atoms with Crippen molar-refractivity contribution in [1.82, 2.24) is 15.1 Å². The lowest BCUT2D eigenvalue weighted by Gasteiger charge is -2.26. The van der Waals surface area contributed by atoms with E-state index in [4.69, 9.17) is 9.47 Å². The standard InChI is InChI=1S/C11H23N3O3/c1-13(2)4-8-16-7-3-12-11(15)14-5-9-17-10-6-14/h3-10H2,1-2H3,(H,12,15). The van der Waals surface area contributed by atoms with Crippen molar-refractivity contribution in [2.24, 2.45) is 0 Å². The Labute approximate surface area is 103 Å². The Hall–Kier alpha value is -0.850. The molecule has 100 valence electrons. The van der Waals surface area contributed by atoms with Gasteiger partial charge in [0.05, 0.1) is 26.4 Å². The summed E-state index contributed by atoms with van der Waals surface area (Å²) >= 11 is 0. The van der Waals surface area contributed by atoms with Crippen LogP contribution in [0.5, 0.6) is 0 Å². The molecule has 1 heterocycles. The smallest absolute Gasteiger partial charge is 0.317 e. The molecular weight excluding hydrogens is 222 g/mol. The number of likely N-dealkylation sites (N-methyl/N-ethyl adjacent to an activating group) is 1. The average molecular weight is 245 g/mol. The van der Waals surface area contributed by atoms with Crippen molar-refractivity contribution in [1.29, 1.82) is 0 Å². The normalized spacial score (nSPS) is 16.3.